The van der Waals surface area contributed by atoms with E-state index in [2.05, 4.69) is 37.3 Å². The Morgan fingerprint density at radius 2 is 1.81 bits per heavy atom. The number of carbonyl (C=O) groups is 1. The number of hydrogen-bond acceptors (Lipinski definition) is 9. The largest absolute Gasteiger partial charge is 0.484 e. The number of carbonyl (C=O) groups excluding carboxylic acids is 1. The molecule has 186 valence electrons. The number of rotatable bonds is 6. The number of hydrogen-bond donors (Lipinski definition) is 1. The van der Waals surface area contributed by atoms with Gasteiger partial charge in [-0.1, -0.05) is 23.4 Å². The molecule has 0 radical (unpaired) electrons. The van der Waals surface area contributed by atoms with E-state index in [-0.39, 0.29) is 18.5 Å². The summed E-state index contributed by atoms with van der Waals surface area (Å²) >= 11 is 0. The van der Waals surface area contributed by atoms with E-state index in [1.165, 1.54) is 5.69 Å². The minimum atomic E-state index is -0.0432. The Labute approximate surface area is 212 Å². The zero-order valence-corrected chi connectivity index (χ0v) is 19.9. The number of anilines is 2. The van der Waals surface area contributed by atoms with Crippen LogP contribution in [-0.4, -0.2) is 68.6 Å². The molecule has 0 spiro atoms. The highest BCUT2D eigenvalue weighted by Crippen LogP contribution is 2.24. The summed E-state index contributed by atoms with van der Waals surface area (Å²) in [5.41, 5.74) is 8.94. The highest BCUT2D eigenvalue weighted by molar-refractivity contribution is 5.80. The summed E-state index contributed by atoms with van der Waals surface area (Å²) in [7, 11) is 0. The van der Waals surface area contributed by atoms with E-state index in [0.717, 1.165) is 13.1 Å². The van der Waals surface area contributed by atoms with Crippen molar-refractivity contribution < 1.29 is 13.9 Å². The van der Waals surface area contributed by atoms with Gasteiger partial charge in [0.25, 0.3) is 5.91 Å². The number of benzene rings is 2. The SMILES string of the molecule is Nc1nc(-c2ccco2)cc(-n2nnc3cc(OCC(=O)N4CCN(c5ccccc5)CC4)ccc32)n1. The second kappa shape index (κ2) is 9.61. The highest BCUT2D eigenvalue weighted by atomic mass is 16.5. The van der Waals surface area contributed by atoms with Crippen LogP contribution < -0.4 is 15.4 Å². The molecule has 1 fully saturated rings. The van der Waals surface area contributed by atoms with Gasteiger partial charge in [0.2, 0.25) is 5.95 Å². The van der Waals surface area contributed by atoms with Gasteiger partial charge >= 0.3 is 0 Å². The number of fused-ring (bicyclic) bond motifs is 1. The Morgan fingerprint density at radius 3 is 2.59 bits per heavy atom. The summed E-state index contributed by atoms with van der Waals surface area (Å²) in [5.74, 6) is 1.62. The van der Waals surface area contributed by atoms with Gasteiger partial charge in [-0.2, -0.15) is 9.67 Å². The van der Waals surface area contributed by atoms with E-state index < -0.39 is 0 Å². The van der Waals surface area contributed by atoms with Gasteiger partial charge in [0.05, 0.1) is 11.8 Å². The minimum absolute atomic E-state index is 0.0417. The molecule has 0 unspecified atom stereocenters. The van der Waals surface area contributed by atoms with Crippen molar-refractivity contribution >= 4 is 28.6 Å². The number of furan rings is 1. The van der Waals surface area contributed by atoms with Crippen LogP contribution in [0.3, 0.4) is 0 Å². The zero-order valence-electron chi connectivity index (χ0n) is 19.9. The van der Waals surface area contributed by atoms with Gasteiger partial charge in [0.1, 0.15) is 17.0 Å². The molecule has 1 aliphatic rings. The quantitative estimate of drug-likeness (QED) is 0.377. The van der Waals surface area contributed by atoms with E-state index in [0.29, 0.717) is 47.1 Å². The van der Waals surface area contributed by atoms with Crippen molar-refractivity contribution in [3.05, 3.63) is 73.0 Å². The maximum absolute atomic E-state index is 12.7. The van der Waals surface area contributed by atoms with Crippen LogP contribution in [0.5, 0.6) is 5.75 Å². The lowest BCUT2D eigenvalue weighted by Crippen LogP contribution is -2.50. The van der Waals surface area contributed by atoms with Crippen molar-refractivity contribution in [2.24, 2.45) is 0 Å². The third-order valence-electron chi connectivity index (χ3n) is 6.25. The molecule has 2 aromatic carbocycles. The van der Waals surface area contributed by atoms with E-state index in [4.69, 9.17) is 14.9 Å². The van der Waals surface area contributed by atoms with Crippen molar-refractivity contribution in [3.63, 3.8) is 0 Å². The lowest BCUT2D eigenvalue weighted by atomic mass is 10.2. The zero-order chi connectivity index (χ0) is 25.2. The van der Waals surface area contributed by atoms with Gasteiger partial charge in [-0.15, -0.1) is 5.10 Å². The molecule has 6 rings (SSSR count). The molecular weight excluding hydrogens is 472 g/mol. The van der Waals surface area contributed by atoms with E-state index in [9.17, 15) is 4.79 Å². The number of ether oxygens (including phenoxy) is 1. The smallest absolute Gasteiger partial charge is 0.260 e. The van der Waals surface area contributed by atoms with Crippen molar-refractivity contribution in [1.29, 1.82) is 0 Å². The Kier molecular flexibility index (Phi) is 5.85. The number of nitrogens with two attached hydrogens (primary N) is 1. The van der Waals surface area contributed by atoms with Crippen LogP contribution in [0.2, 0.25) is 0 Å². The Bertz CT molecular complexity index is 1530. The van der Waals surface area contributed by atoms with Crippen LogP contribution in [-0.2, 0) is 4.79 Å². The molecule has 0 bridgehead atoms. The molecule has 1 aliphatic heterocycles. The average Bonchev–Trinajstić information content (AvgIpc) is 3.62. The van der Waals surface area contributed by atoms with Gasteiger partial charge in [-0.05, 0) is 36.4 Å². The molecule has 4 heterocycles. The minimum Gasteiger partial charge on any atom is -0.484 e. The second-order valence-corrected chi connectivity index (χ2v) is 8.59. The summed E-state index contributed by atoms with van der Waals surface area (Å²) in [6.07, 6.45) is 1.56. The maximum Gasteiger partial charge on any atom is 0.260 e. The lowest BCUT2D eigenvalue weighted by molar-refractivity contribution is -0.133. The van der Waals surface area contributed by atoms with Gasteiger partial charge < -0.3 is 24.7 Å². The summed E-state index contributed by atoms with van der Waals surface area (Å²) < 4.78 is 12.8. The highest BCUT2D eigenvalue weighted by Gasteiger charge is 2.22. The standard InChI is InChI=1S/C26H24N8O3/c27-26-28-21(23-7-4-14-36-23)16-24(29-26)34-22-9-8-19(15-20(22)30-31-34)37-17-25(35)33-12-10-32(11-13-33)18-5-2-1-3-6-18/h1-9,14-16H,10-13,17H2,(H2,27,28,29). The molecule has 11 heteroatoms. The van der Waals surface area contributed by atoms with Gasteiger partial charge in [0, 0.05) is 44.0 Å². The molecular formula is C26H24N8O3. The van der Waals surface area contributed by atoms with E-state index >= 15 is 0 Å². The fourth-order valence-corrected chi connectivity index (χ4v) is 4.36. The van der Waals surface area contributed by atoms with Gasteiger partial charge in [-0.25, -0.2) is 4.98 Å². The molecule has 3 aromatic heterocycles. The monoisotopic (exact) mass is 496 g/mol. The van der Waals surface area contributed by atoms with Gasteiger partial charge in [-0.3, -0.25) is 4.79 Å². The predicted molar refractivity (Wildman–Crippen MR) is 137 cm³/mol. The Balaban J connectivity index is 1.11. The first-order valence-corrected chi connectivity index (χ1v) is 11.9. The van der Waals surface area contributed by atoms with Gasteiger partial charge in [0.15, 0.2) is 18.2 Å². The van der Waals surface area contributed by atoms with Crippen LogP contribution >= 0.6 is 0 Å². The van der Waals surface area contributed by atoms with Crippen molar-refractivity contribution in [1.82, 2.24) is 29.9 Å². The molecule has 37 heavy (non-hydrogen) atoms. The maximum atomic E-state index is 12.7. The van der Waals surface area contributed by atoms with E-state index in [1.807, 2.05) is 29.2 Å². The second-order valence-electron chi connectivity index (χ2n) is 8.59. The number of piperazine rings is 1. The fraction of sp³-hybridized carbons (Fsp3) is 0.192. The number of nitrogens with zero attached hydrogens (tertiary/aromatic N) is 7. The number of nitrogen functional groups attached to an aromatic ring is 1. The number of para-hydroxylation sites is 1. The van der Waals surface area contributed by atoms with Crippen LogP contribution in [0.25, 0.3) is 28.3 Å². The fourth-order valence-electron chi connectivity index (χ4n) is 4.36. The third kappa shape index (κ3) is 4.66. The van der Waals surface area contributed by atoms with Crippen molar-refractivity contribution in [3.8, 4) is 23.0 Å². The Morgan fingerprint density at radius 1 is 0.973 bits per heavy atom. The molecule has 1 saturated heterocycles. The van der Waals surface area contributed by atoms with Crippen LogP contribution in [0.1, 0.15) is 0 Å². The predicted octanol–water partition coefficient (Wildman–Crippen LogP) is 2.78. The molecule has 1 amide bonds. The topological polar surface area (TPSA) is 128 Å². The Hall–Kier alpha value is -4.93. The van der Waals surface area contributed by atoms with Crippen LogP contribution in [0, 0.1) is 0 Å². The third-order valence-corrected chi connectivity index (χ3v) is 6.25. The molecule has 0 saturated carbocycles. The van der Waals surface area contributed by atoms with Crippen molar-refractivity contribution in [2.45, 2.75) is 0 Å². The summed E-state index contributed by atoms with van der Waals surface area (Å²) in [6, 6.07) is 20.9. The molecule has 5 aromatic rings. The van der Waals surface area contributed by atoms with Crippen LogP contribution in [0.4, 0.5) is 11.6 Å². The first kappa shape index (κ1) is 22.5. The lowest BCUT2D eigenvalue weighted by Gasteiger charge is -2.36. The molecule has 0 aliphatic carbocycles. The first-order chi connectivity index (χ1) is 18.1. The van der Waals surface area contributed by atoms with Crippen LogP contribution in [0.15, 0.2) is 77.4 Å². The summed E-state index contributed by atoms with van der Waals surface area (Å²) in [4.78, 5) is 25.4. The number of aromatic nitrogens is 5. The normalized spacial score (nSPS) is 13.7. The first-order valence-electron chi connectivity index (χ1n) is 11.9. The molecule has 11 nitrogen and oxygen atoms in total. The van der Waals surface area contributed by atoms with Crippen molar-refractivity contribution in [2.75, 3.05) is 43.4 Å². The summed E-state index contributed by atoms with van der Waals surface area (Å²) in [6.45, 7) is 2.86. The van der Waals surface area contributed by atoms with E-state index in [1.54, 1.807) is 41.3 Å². The molecule has 2 N–H and O–H groups in total. The number of amides is 1. The summed E-state index contributed by atoms with van der Waals surface area (Å²) in [5, 5.41) is 8.47. The average molecular weight is 497 g/mol. The molecule has 0 atom stereocenters.